The molecule has 1 aliphatic rings. The summed E-state index contributed by atoms with van der Waals surface area (Å²) in [6.07, 6.45) is 4.67. The summed E-state index contributed by atoms with van der Waals surface area (Å²) in [5, 5.41) is 0. The molecule has 1 amide bonds. The Bertz CT molecular complexity index is 450. The van der Waals surface area contributed by atoms with E-state index in [4.69, 9.17) is 4.74 Å². The first kappa shape index (κ1) is 14.9. The van der Waals surface area contributed by atoms with Gasteiger partial charge in [0.15, 0.2) is 0 Å². The summed E-state index contributed by atoms with van der Waals surface area (Å²) in [5.41, 5.74) is 2.36. The predicted molar refractivity (Wildman–Crippen MR) is 81.1 cm³/mol. The van der Waals surface area contributed by atoms with Crippen molar-refractivity contribution >= 4 is 5.91 Å². The van der Waals surface area contributed by atoms with Crippen molar-refractivity contribution in [2.24, 2.45) is 0 Å². The molecule has 0 atom stereocenters. The van der Waals surface area contributed by atoms with E-state index in [2.05, 4.69) is 19.9 Å². The van der Waals surface area contributed by atoms with Crippen LogP contribution in [0, 0.1) is 0 Å². The second kappa shape index (κ2) is 7.32. The summed E-state index contributed by atoms with van der Waals surface area (Å²) in [5.74, 6) is 1.23. The van der Waals surface area contributed by atoms with Crippen LogP contribution in [0.5, 0.6) is 5.75 Å². The fraction of sp³-hybridized carbons (Fsp3) is 0.588. The van der Waals surface area contributed by atoms with Gasteiger partial charge in [0.05, 0.1) is 13.0 Å². The monoisotopic (exact) mass is 275 g/mol. The largest absolute Gasteiger partial charge is 0.493 e. The maximum absolute atomic E-state index is 12.4. The molecule has 1 heterocycles. The number of hydrogen-bond donors (Lipinski definition) is 0. The Hall–Kier alpha value is -1.51. The first-order chi connectivity index (χ1) is 9.74. The molecular formula is C17H25NO2. The molecule has 0 aliphatic carbocycles. The van der Waals surface area contributed by atoms with Crippen molar-refractivity contribution in [2.75, 3.05) is 19.7 Å². The highest BCUT2D eigenvalue weighted by Gasteiger charge is 2.15. The van der Waals surface area contributed by atoms with Crippen LogP contribution in [0.1, 0.15) is 44.2 Å². The van der Waals surface area contributed by atoms with Crippen molar-refractivity contribution in [1.29, 1.82) is 0 Å². The van der Waals surface area contributed by atoms with Crippen LogP contribution in [0.2, 0.25) is 0 Å². The van der Waals surface area contributed by atoms with E-state index in [-0.39, 0.29) is 5.91 Å². The molecule has 1 aliphatic heterocycles. The van der Waals surface area contributed by atoms with Gasteiger partial charge in [-0.25, -0.2) is 0 Å². The molecule has 20 heavy (non-hydrogen) atoms. The second-order valence-corrected chi connectivity index (χ2v) is 5.45. The van der Waals surface area contributed by atoms with Crippen molar-refractivity contribution in [2.45, 2.75) is 46.0 Å². The Balaban J connectivity index is 2.03. The minimum atomic E-state index is 0.241. The number of ether oxygens (including phenoxy) is 1. The fourth-order valence-electron chi connectivity index (χ4n) is 2.71. The number of carbonyl (C=O) groups is 1. The maximum atomic E-state index is 12.4. The Morgan fingerprint density at radius 1 is 1.25 bits per heavy atom. The summed E-state index contributed by atoms with van der Waals surface area (Å²) in [6, 6.07) is 6.18. The Morgan fingerprint density at radius 2 is 2.00 bits per heavy atom. The number of aryl methyl sites for hydroxylation is 1. The van der Waals surface area contributed by atoms with Gasteiger partial charge in [-0.3, -0.25) is 4.79 Å². The van der Waals surface area contributed by atoms with Crippen LogP contribution in [0.25, 0.3) is 0 Å². The van der Waals surface area contributed by atoms with Crippen LogP contribution in [-0.2, 0) is 17.6 Å². The molecule has 0 fully saturated rings. The average Bonchev–Trinajstić information content (AvgIpc) is 2.47. The maximum Gasteiger partial charge on any atom is 0.226 e. The highest BCUT2D eigenvalue weighted by atomic mass is 16.5. The van der Waals surface area contributed by atoms with Crippen molar-refractivity contribution in [3.05, 3.63) is 29.3 Å². The van der Waals surface area contributed by atoms with Gasteiger partial charge in [-0.1, -0.05) is 26.0 Å². The van der Waals surface area contributed by atoms with Gasteiger partial charge >= 0.3 is 0 Å². The van der Waals surface area contributed by atoms with Gasteiger partial charge in [0, 0.05) is 13.1 Å². The number of carbonyl (C=O) groups excluding carboxylic acids is 1. The van der Waals surface area contributed by atoms with Crippen LogP contribution in [-0.4, -0.2) is 30.5 Å². The van der Waals surface area contributed by atoms with Crippen LogP contribution < -0.4 is 4.74 Å². The summed E-state index contributed by atoms with van der Waals surface area (Å²) >= 11 is 0. The van der Waals surface area contributed by atoms with Gasteiger partial charge in [-0.05, 0) is 42.9 Å². The molecule has 3 nitrogen and oxygen atoms in total. The fourth-order valence-corrected chi connectivity index (χ4v) is 2.71. The van der Waals surface area contributed by atoms with E-state index in [0.29, 0.717) is 6.42 Å². The molecule has 0 saturated heterocycles. The van der Waals surface area contributed by atoms with E-state index in [1.807, 2.05) is 17.0 Å². The first-order valence-electron chi connectivity index (χ1n) is 7.77. The third-order valence-electron chi connectivity index (χ3n) is 3.67. The smallest absolute Gasteiger partial charge is 0.226 e. The molecule has 0 unspecified atom stereocenters. The highest BCUT2D eigenvalue weighted by molar-refractivity contribution is 5.78. The van der Waals surface area contributed by atoms with E-state index in [9.17, 15) is 4.79 Å². The molecule has 0 N–H and O–H groups in total. The van der Waals surface area contributed by atoms with E-state index >= 15 is 0 Å². The van der Waals surface area contributed by atoms with Gasteiger partial charge in [-0.15, -0.1) is 0 Å². The standard InChI is InChI=1S/C17H25NO2/c1-3-9-18(10-4-2)17(19)13-14-7-8-16-15(12-14)6-5-11-20-16/h7-8,12H,3-6,9-11,13H2,1-2H3. The van der Waals surface area contributed by atoms with Crippen molar-refractivity contribution in [3.63, 3.8) is 0 Å². The van der Waals surface area contributed by atoms with Gasteiger partial charge in [0.2, 0.25) is 5.91 Å². The van der Waals surface area contributed by atoms with Gasteiger partial charge in [0.25, 0.3) is 0 Å². The second-order valence-electron chi connectivity index (χ2n) is 5.45. The molecule has 0 bridgehead atoms. The summed E-state index contributed by atoms with van der Waals surface area (Å²) in [7, 11) is 0. The van der Waals surface area contributed by atoms with E-state index in [1.54, 1.807) is 0 Å². The zero-order valence-electron chi connectivity index (χ0n) is 12.7. The van der Waals surface area contributed by atoms with E-state index < -0.39 is 0 Å². The molecule has 2 rings (SSSR count). The number of nitrogens with zero attached hydrogens (tertiary/aromatic N) is 1. The molecule has 0 radical (unpaired) electrons. The lowest BCUT2D eigenvalue weighted by Gasteiger charge is -2.22. The van der Waals surface area contributed by atoms with Crippen molar-refractivity contribution in [1.82, 2.24) is 4.90 Å². The van der Waals surface area contributed by atoms with Crippen LogP contribution in [0.3, 0.4) is 0 Å². The van der Waals surface area contributed by atoms with Crippen molar-refractivity contribution in [3.8, 4) is 5.75 Å². The zero-order valence-corrected chi connectivity index (χ0v) is 12.7. The van der Waals surface area contributed by atoms with E-state index in [1.165, 1.54) is 5.56 Å². The summed E-state index contributed by atoms with van der Waals surface area (Å²) < 4.78 is 5.61. The summed E-state index contributed by atoms with van der Waals surface area (Å²) in [6.45, 7) is 6.77. The van der Waals surface area contributed by atoms with Crippen molar-refractivity contribution < 1.29 is 9.53 Å². The minimum Gasteiger partial charge on any atom is -0.493 e. The Labute approximate surface area is 121 Å². The molecule has 3 heteroatoms. The van der Waals surface area contributed by atoms with Gasteiger partial charge < -0.3 is 9.64 Å². The average molecular weight is 275 g/mol. The number of amides is 1. The molecule has 1 aromatic carbocycles. The Morgan fingerprint density at radius 3 is 2.70 bits per heavy atom. The number of benzene rings is 1. The molecule has 0 spiro atoms. The molecule has 1 aromatic rings. The lowest BCUT2D eigenvalue weighted by atomic mass is 10.0. The third kappa shape index (κ3) is 3.75. The molecule has 110 valence electrons. The normalized spacial score (nSPS) is 13.5. The number of fused-ring (bicyclic) bond motifs is 1. The Kier molecular flexibility index (Phi) is 5.45. The van der Waals surface area contributed by atoms with Crippen LogP contribution in [0.4, 0.5) is 0 Å². The van der Waals surface area contributed by atoms with Gasteiger partial charge in [0.1, 0.15) is 5.75 Å². The highest BCUT2D eigenvalue weighted by Crippen LogP contribution is 2.25. The zero-order chi connectivity index (χ0) is 14.4. The first-order valence-corrected chi connectivity index (χ1v) is 7.77. The molecular weight excluding hydrogens is 250 g/mol. The molecule has 0 saturated carbocycles. The quantitative estimate of drug-likeness (QED) is 0.798. The topological polar surface area (TPSA) is 29.5 Å². The van der Waals surface area contributed by atoms with Crippen LogP contribution in [0.15, 0.2) is 18.2 Å². The lowest BCUT2D eigenvalue weighted by Crippen LogP contribution is -2.33. The lowest BCUT2D eigenvalue weighted by molar-refractivity contribution is -0.130. The number of rotatable bonds is 6. The SMILES string of the molecule is CCCN(CCC)C(=O)Cc1ccc2c(c1)CCCO2. The number of hydrogen-bond acceptors (Lipinski definition) is 2. The minimum absolute atomic E-state index is 0.241. The summed E-state index contributed by atoms with van der Waals surface area (Å²) in [4.78, 5) is 14.3. The van der Waals surface area contributed by atoms with Gasteiger partial charge in [-0.2, -0.15) is 0 Å². The third-order valence-corrected chi connectivity index (χ3v) is 3.67. The molecule has 0 aromatic heterocycles. The van der Waals surface area contributed by atoms with Crippen LogP contribution >= 0.6 is 0 Å². The van der Waals surface area contributed by atoms with E-state index in [0.717, 1.165) is 56.7 Å². The predicted octanol–water partition coefficient (Wildman–Crippen LogP) is 3.20.